The van der Waals surface area contributed by atoms with E-state index in [4.69, 9.17) is 4.74 Å². The van der Waals surface area contributed by atoms with E-state index < -0.39 is 0 Å². The van der Waals surface area contributed by atoms with Crippen molar-refractivity contribution in [3.8, 4) is 0 Å². The minimum absolute atomic E-state index is 0.163. The third-order valence-electron chi connectivity index (χ3n) is 4.92. The quantitative estimate of drug-likeness (QED) is 0.711. The molecule has 2 aliphatic rings. The van der Waals surface area contributed by atoms with Crippen LogP contribution in [0.5, 0.6) is 0 Å². The molecule has 2 fully saturated rings. The number of hydrogen-bond acceptors (Lipinski definition) is 2. The van der Waals surface area contributed by atoms with Crippen LogP contribution in [0.2, 0.25) is 0 Å². The van der Waals surface area contributed by atoms with Gasteiger partial charge in [-0.15, -0.1) is 0 Å². The molecule has 2 nitrogen and oxygen atoms in total. The average molecular weight is 253 g/mol. The zero-order valence-electron chi connectivity index (χ0n) is 12.3. The predicted octanol–water partition coefficient (Wildman–Crippen LogP) is 3.75. The van der Waals surface area contributed by atoms with Gasteiger partial charge in [0.15, 0.2) is 0 Å². The Balaban J connectivity index is 1.77. The van der Waals surface area contributed by atoms with E-state index in [0.29, 0.717) is 0 Å². The number of ether oxygens (including phenoxy) is 1. The van der Waals surface area contributed by atoms with Crippen molar-refractivity contribution in [2.24, 2.45) is 11.8 Å². The fourth-order valence-electron chi connectivity index (χ4n) is 3.19. The summed E-state index contributed by atoms with van der Waals surface area (Å²) in [5, 5.41) is 3.52. The Morgan fingerprint density at radius 1 is 1.06 bits per heavy atom. The van der Waals surface area contributed by atoms with Gasteiger partial charge in [-0.05, 0) is 50.5 Å². The molecule has 18 heavy (non-hydrogen) atoms. The van der Waals surface area contributed by atoms with Crippen molar-refractivity contribution in [2.75, 3.05) is 19.7 Å². The second-order valence-electron chi connectivity index (χ2n) is 6.40. The topological polar surface area (TPSA) is 21.3 Å². The summed E-state index contributed by atoms with van der Waals surface area (Å²) >= 11 is 0. The first-order valence-corrected chi connectivity index (χ1v) is 8.12. The number of likely N-dealkylation sites (N-methyl/N-ethyl adjacent to an activating group) is 1. The van der Waals surface area contributed by atoms with Crippen molar-refractivity contribution >= 4 is 0 Å². The Morgan fingerprint density at radius 2 is 1.78 bits per heavy atom. The Bertz CT molecular complexity index is 229. The second-order valence-corrected chi connectivity index (χ2v) is 6.40. The molecular formula is C16H31NO. The van der Waals surface area contributed by atoms with Crippen LogP contribution in [0.1, 0.15) is 65.2 Å². The molecule has 2 rings (SSSR count). The Kier molecular flexibility index (Phi) is 5.50. The van der Waals surface area contributed by atoms with Gasteiger partial charge in [0.2, 0.25) is 0 Å². The van der Waals surface area contributed by atoms with E-state index in [-0.39, 0.29) is 5.60 Å². The lowest BCUT2D eigenvalue weighted by Crippen LogP contribution is -2.46. The smallest absolute Gasteiger partial charge is 0.0806 e. The lowest BCUT2D eigenvalue weighted by Gasteiger charge is -2.40. The fourth-order valence-corrected chi connectivity index (χ4v) is 3.19. The van der Waals surface area contributed by atoms with Crippen molar-refractivity contribution in [1.82, 2.24) is 5.32 Å². The molecule has 2 heteroatoms. The predicted molar refractivity (Wildman–Crippen MR) is 76.8 cm³/mol. The highest BCUT2D eigenvalue weighted by molar-refractivity contribution is 4.89. The highest BCUT2D eigenvalue weighted by Crippen LogP contribution is 2.37. The van der Waals surface area contributed by atoms with Gasteiger partial charge in [-0.2, -0.15) is 0 Å². The summed E-state index contributed by atoms with van der Waals surface area (Å²) in [5.41, 5.74) is 0.163. The first-order valence-electron chi connectivity index (χ1n) is 8.12. The van der Waals surface area contributed by atoms with E-state index in [1.807, 2.05) is 0 Å². The molecule has 0 atom stereocenters. The van der Waals surface area contributed by atoms with Crippen molar-refractivity contribution in [3.05, 3.63) is 0 Å². The molecule has 1 N–H and O–H groups in total. The Labute approximate surface area is 113 Å². The fraction of sp³-hybridized carbons (Fsp3) is 1.00. The first kappa shape index (κ1) is 14.3. The minimum atomic E-state index is 0.163. The summed E-state index contributed by atoms with van der Waals surface area (Å²) in [4.78, 5) is 0. The monoisotopic (exact) mass is 253 g/mol. The van der Waals surface area contributed by atoms with E-state index in [2.05, 4.69) is 19.2 Å². The highest BCUT2D eigenvalue weighted by atomic mass is 16.5. The van der Waals surface area contributed by atoms with Gasteiger partial charge in [0.25, 0.3) is 0 Å². The molecule has 2 aliphatic carbocycles. The molecule has 0 aromatic heterocycles. The Hall–Kier alpha value is -0.0800. The van der Waals surface area contributed by atoms with E-state index >= 15 is 0 Å². The maximum atomic E-state index is 6.35. The van der Waals surface area contributed by atoms with Crippen LogP contribution in [0.4, 0.5) is 0 Å². The van der Waals surface area contributed by atoms with E-state index in [9.17, 15) is 0 Å². The van der Waals surface area contributed by atoms with Crippen LogP contribution in [0.25, 0.3) is 0 Å². The van der Waals surface area contributed by atoms with Crippen molar-refractivity contribution in [1.29, 1.82) is 0 Å². The molecule has 0 radical (unpaired) electrons. The molecule has 0 aliphatic heterocycles. The molecule has 0 aromatic carbocycles. The summed E-state index contributed by atoms with van der Waals surface area (Å²) in [5.74, 6) is 1.94. The van der Waals surface area contributed by atoms with Crippen LogP contribution in [-0.2, 0) is 4.74 Å². The van der Waals surface area contributed by atoms with Crippen LogP contribution in [0.3, 0.4) is 0 Å². The molecule has 2 saturated carbocycles. The van der Waals surface area contributed by atoms with Crippen molar-refractivity contribution < 1.29 is 4.74 Å². The van der Waals surface area contributed by atoms with E-state index in [1.54, 1.807) is 0 Å². The van der Waals surface area contributed by atoms with E-state index in [1.165, 1.54) is 51.4 Å². The summed E-state index contributed by atoms with van der Waals surface area (Å²) in [6.45, 7) is 7.63. The van der Waals surface area contributed by atoms with Gasteiger partial charge in [0, 0.05) is 13.2 Å². The molecule has 106 valence electrons. The minimum Gasteiger partial charge on any atom is -0.374 e. The van der Waals surface area contributed by atoms with Crippen LogP contribution in [0, 0.1) is 11.8 Å². The first-order chi connectivity index (χ1) is 8.78. The normalized spacial score (nSPS) is 32.7. The van der Waals surface area contributed by atoms with E-state index in [0.717, 1.165) is 31.5 Å². The number of rotatable bonds is 8. The molecule has 0 amide bonds. The van der Waals surface area contributed by atoms with Crippen molar-refractivity contribution in [2.45, 2.75) is 70.8 Å². The molecule has 0 spiro atoms. The van der Waals surface area contributed by atoms with Crippen molar-refractivity contribution in [3.63, 3.8) is 0 Å². The third kappa shape index (κ3) is 4.24. The second kappa shape index (κ2) is 6.91. The largest absolute Gasteiger partial charge is 0.374 e. The molecule has 0 bridgehead atoms. The zero-order valence-corrected chi connectivity index (χ0v) is 12.3. The van der Waals surface area contributed by atoms with Crippen LogP contribution in [-0.4, -0.2) is 25.3 Å². The molecule has 0 aromatic rings. The molecular weight excluding hydrogens is 222 g/mol. The number of nitrogens with one attached hydrogen (secondary N) is 1. The lowest BCUT2D eigenvalue weighted by atomic mass is 9.77. The molecule has 0 heterocycles. The highest BCUT2D eigenvalue weighted by Gasteiger charge is 2.35. The SMILES string of the molecule is CCNCC1(OCCC2CC2)CCC(CC)CC1. The average Bonchev–Trinajstić information content (AvgIpc) is 3.22. The van der Waals surface area contributed by atoms with Gasteiger partial charge < -0.3 is 10.1 Å². The maximum Gasteiger partial charge on any atom is 0.0806 e. The summed E-state index contributed by atoms with van der Waals surface area (Å²) in [6, 6.07) is 0. The van der Waals surface area contributed by atoms with Crippen LogP contribution in [0.15, 0.2) is 0 Å². The molecule has 0 unspecified atom stereocenters. The zero-order chi connectivity index (χ0) is 12.8. The van der Waals surface area contributed by atoms with Gasteiger partial charge in [-0.3, -0.25) is 0 Å². The van der Waals surface area contributed by atoms with Gasteiger partial charge in [-0.1, -0.05) is 33.1 Å². The Morgan fingerprint density at radius 3 is 2.33 bits per heavy atom. The lowest BCUT2D eigenvalue weighted by molar-refractivity contribution is -0.0781. The molecule has 0 saturated heterocycles. The number of hydrogen-bond donors (Lipinski definition) is 1. The van der Waals surface area contributed by atoms with Crippen LogP contribution >= 0.6 is 0 Å². The third-order valence-corrected chi connectivity index (χ3v) is 4.92. The van der Waals surface area contributed by atoms with Gasteiger partial charge in [-0.25, -0.2) is 0 Å². The summed E-state index contributed by atoms with van der Waals surface area (Å²) in [7, 11) is 0. The standard InChI is InChI=1S/C16H31NO/c1-3-14-7-10-16(11-8-14,13-17-4-2)18-12-9-15-5-6-15/h14-15,17H,3-13H2,1-2H3. The van der Waals surface area contributed by atoms with Gasteiger partial charge >= 0.3 is 0 Å². The van der Waals surface area contributed by atoms with Gasteiger partial charge in [0.05, 0.1) is 5.60 Å². The summed E-state index contributed by atoms with van der Waals surface area (Å²) < 4.78 is 6.35. The summed E-state index contributed by atoms with van der Waals surface area (Å²) in [6.07, 6.45) is 10.8. The maximum absolute atomic E-state index is 6.35. The van der Waals surface area contributed by atoms with Gasteiger partial charge in [0.1, 0.15) is 0 Å². The van der Waals surface area contributed by atoms with Crippen LogP contribution < -0.4 is 5.32 Å².